The van der Waals surface area contributed by atoms with Gasteiger partial charge in [-0.05, 0) is 24.6 Å². The summed E-state index contributed by atoms with van der Waals surface area (Å²) in [5, 5.41) is 0. The summed E-state index contributed by atoms with van der Waals surface area (Å²) in [5.74, 6) is 0.929. The van der Waals surface area contributed by atoms with Crippen LogP contribution in [0.4, 0.5) is 0 Å². The van der Waals surface area contributed by atoms with E-state index in [0.717, 1.165) is 32.1 Å². The van der Waals surface area contributed by atoms with E-state index in [4.69, 9.17) is 15.2 Å². The zero-order valence-electron chi connectivity index (χ0n) is 11.0. The van der Waals surface area contributed by atoms with Crippen molar-refractivity contribution in [3.8, 4) is 5.75 Å². The number of benzene rings is 1. The van der Waals surface area contributed by atoms with Crippen LogP contribution >= 0.6 is 0 Å². The van der Waals surface area contributed by atoms with Gasteiger partial charge in [0, 0.05) is 25.7 Å². The number of nitrogens with zero attached hydrogens (tertiary/aromatic N) is 1. The minimum absolute atomic E-state index is 0.338. The Kier molecular flexibility index (Phi) is 4.99. The molecule has 0 bridgehead atoms. The summed E-state index contributed by atoms with van der Waals surface area (Å²) in [7, 11) is 0. The average molecular weight is 250 g/mol. The highest BCUT2D eigenvalue weighted by molar-refractivity contribution is 5.27. The maximum absolute atomic E-state index is 5.77. The lowest BCUT2D eigenvalue weighted by atomic mass is 10.1. The molecule has 1 unspecified atom stereocenters. The van der Waals surface area contributed by atoms with Gasteiger partial charge < -0.3 is 15.2 Å². The lowest BCUT2D eigenvalue weighted by Gasteiger charge is -2.34. The molecule has 1 aliphatic heterocycles. The van der Waals surface area contributed by atoms with Gasteiger partial charge in [0.05, 0.1) is 19.8 Å². The molecule has 0 spiro atoms. The van der Waals surface area contributed by atoms with Crippen LogP contribution in [0, 0.1) is 0 Å². The molecule has 2 rings (SSSR count). The fourth-order valence-corrected chi connectivity index (χ4v) is 2.21. The summed E-state index contributed by atoms with van der Waals surface area (Å²) in [6, 6.07) is 8.63. The maximum atomic E-state index is 5.77. The molecule has 0 amide bonds. The van der Waals surface area contributed by atoms with Gasteiger partial charge in [0.15, 0.2) is 0 Å². The Hall–Kier alpha value is -1.10. The number of hydrogen-bond donors (Lipinski definition) is 1. The Balaban J connectivity index is 1.95. The third kappa shape index (κ3) is 3.45. The summed E-state index contributed by atoms with van der Waals surface area (Å²) in [6.07, 6.45) is 0. The van der Waals surface area contributed by atoms with Crippen molar-refractivity contribution in [2.75, 3.05) is 32.9 Å². The monoisotopic (exact) mass is 250 g/mol. The predicted octanol–water partition coefficient (Wildman–Crippen LogP) is 1.24. The first-order chi connectivity index (χ1) is 8.83. The Labute approximate surface area is 109 Å². The SMILES string of the molecule is CCOc1ccc(CN2CCOCC2CN)cc1. The molecule has 0 radical (unpaired) electrons. The molecule has 18 heavy (non-hydrogen) atoms. The number of hydrogen-bond acceptors (Lipinski definition) is 4. The van der Waals surface area contributed by atoms with Gasteiger partial charge >= 0.3 is 0 Å². The lowest BCUT2D eigenvalue weighted by Crippen LogP contribution is -2.48. The van der Waals surface area contributed by atoms with Crippen molar-refractivity contribution in [1.82, 2.24) is 4.90 Å². The van der Waals surface area contributed by atoms with Gasteiger partial charge in [-0.25, -0.2) is 0 Å². The summed E-state index contributed by atoms with van der Waals surface area (Å²) < 4.78 is 10.9. The van der Waals surface area contributed by atoms with E-state index in [0.29, 0.717) is 19.2 Å². The van der Waals surface area contributed by atoms with Crippen LogP contribution in [-0.4, -0.2) is 43.9 Å². The molecule has 0 aliphatic carbocycles. The standard InChI is InChI=1S/C14H22N2O2/c1-2-18-14-5-3-12(4-6-14)10-16-7-8-17-11-13(16)9-15/h3-6,13H,2,7-11,15H2,1H3. The predicted molar refractivity (Wildman–Crippen MR) is 71.7 cm³/mol. The smallest absolute Gasteiger partial charge is 0.119 e. The second-order valence-corrected chi connectivity index (χ2v) is 4.51. The van der Waals surface area contributed by atoms with Crippen molar-refractivity contribution in [2.45, 2.75) is 19.5 Å². The summed E-state index contributed by atoms with van der Waals surface area (Å²) in [4.78, 5) is 2.39. The molecule has 4 heteroatoms. The molecule has 4 nitrogen and oxygen atoms in total. The minimum Gasteiger partial charge on any atom is -0.494 e. The van der Waals surface area contributed by atoms with Gasteiger partial charge in [0.25, 0.3) is 0 Å². The van der Waals surface area contributed by atoms with E-state index < -0.39 is 0 Å². The van der Waals surface area contributed by atoms with Crippen molar-refractivity contribution < 1.29 is 9.47 Å². The second kappa shape index (κ2) is 6.73. The highest BCUT2D eigenvalue weighted by atomic mass is 16.5. The van der Waals surface area contributed by atoms with Gasteiger partial charge in [0.1, 0.15) is 5.75 Å². The van der Waals surface area contributed by atoms with Gasteiger partial charge in [-0.2, -0.15) is 0 Å². The Morgan fingerprint density at radius 2 is 2.17 bits per heavy atom. The zero-order chi connectivity index (χ0) is 12.8. The molecule has 2 N–H and O–H groups in total. The van der Waals surface area contributed by atoms with Crippen LogP contribution in [0.1, 0.15) is 12.5 Å². The van der Waals surface area contributed by atoms with E-state index in [1.54, 1.807) is 0 Å². The quantitative estimate of drug-likeness (QED) is 0.854. The van der Waals surface area contributed by atoms with E-state index in [1.807, 2.05) is 19.1 Å². The van der Waals surface area contributed by atoms with Crippen LogP contribution in [0.3, 0.4) is 0 Å². The number of nitrogens with two attached hydrogens (primary N) is 1. The van der Waals surface area contributed by atoms with E-state index in [-0.39, 0.29) is 0 Å². The lowest BCUT2D eigenvalue weighted by molar-refractivity contribution is -0.00793. The van der Waals surface area contributed by atoms with Crippen LogP contribution in [-0.2, 0) is 11.3 Å². The summed E-state index contributed by atoms with van der Waals surface area (Å²) >= 11 is 0. The molecule has 1 saturated heterocycles. The number of ether oxygens (including phenoxy) is 2. The van der Waals surface area contributed by atoms with Crippen LogP contribution in [0.15, 0.2) is 24.3 Å². The van der Waals surface area contributed by atoms with Crippen molar-refractivity contribution in [2.24, 2.45) is 5.73 Å². The number of morpholine rings is 1. The van der Waals surface area contributed by atoms with Crippen LogP contribution in [0.5, 0.6) is 5.75 Å². The Morgan fingerprint density at radius 3 is 2.83 bits per heavy atom. The first kappa shape index (κ1) is 13.3. The average Bonchev–Trinajstić information content (AvgIpc) is 2.42. The topological polar surface area (TPSA) is 47.7 Å². The molecule has 1 atom stereocenters. The van der Waals surface area contributed by atoms with Gasteiger partial charge in [-0.15, -0.1) is 0 Å². The normalized spacial score (nSPS) is 20.9. The molecule has 100 valence electrons. The highest BCUT2D eigenvalue weighted by Crippen LogP contribution is 2.16. The third-order valence-corrected chi connectivity index (χ3v) is 3.24. The Morgan fingerprint density at radius 1 is 1.39 bits per heavy atom. The summed E-state index contributed by atoms with van der Waals surface area (Å²) in [6.45, 7) is 6.77. The largest absolute Gasteiger partial charge is 0.494 e. The molecule has 1 heterocycles. The van der Waals surface area contributed by atoms with Crippen LogP contribution in [0.2, 0.25) is 0 Å². The zero-order valence-corrected chi connectivity index (χ0v) is 11.0. The second-order valence-electron chi connectivity index (χ2n) is 4.51. The Bertz CT molecular complexity index is 353. The molecule has 1 fully saturated rings. The number of rotatable bonds is 5. The van der Waals surface area contributed by atoms with Crippen LogP contribution < -0.4 is 10.5 Å². The van der Waals surface area contributed by atoms with E-state index in [1.165, 1.54) is 5.56 Å². The fraction of sp³-hybridized carbons (Fsp3) is 0.571. The summed E-state index contributed by atoms with van der Waals surface area (Å²) in [5.41, 5.74) is 7.06. The molecular formula is C14H22N2O2. The van der Waals surface area contributed by atoms with Crippen LogP contribution in [0.25, 0.3) is 0 Å². The third-order valence-electron chi connectivity index (χ3n) is 3.24. The van der Waals surface area contributed by atoms with Crippen molar-refractivity contribution >= 4 is 0 Å². The first-order valence-electron chi connectivity index (χ1n) is 6.57. The van der Waals surface area contributed by atoms with Gasteiger partial charge in [0.2, 0.25) is 0 Å². The molecular weight excluding hydrogens is 228 g/mol. The fourth-order valence-electron chi connectivity index (χ4n) is 2.21. The van der Waals surface area contributed by atoms with Crippen molar-refractivity contribution in [1.29, 1.82) is 0 Å². The van der Waals surface area contributed by atoms with Crippen molar-refractivity contribution in [3.63, 3.8) is 0 Å². The maximum Gasteiger partial charge on any atom is 0.119 e. The molecule has 0 saturated carbocycles. The van der Waals surface area contributed by atoms with Crippen molar-refractivity contribution in [3.05, 3.63) is 29.8 Å². The van der Waals surface area contributed by atoms with E-state index >= 15 is 0 Å². The highest BCUT2D eigenvalue weighted by Gasteiger charge is 2.21. The van der Waals surface area contributed by atoms with Gasteiger partial charge in [-0.1, -0.05) is 12.1 Å². The molecule has 1 aromatic rings. The molecule has 0 aromatic heterocycles. The van der Waals surface area contributed by atoms with E-state index in [2.05, 4.69) is 17.0 Å². The molecule has 1 aromatic carbocycles. The molecule has 1 aliphatic rings. The minimum atomic E-state index is 0.338. The first-order valence-corrected chi connectivity index (χ1v) is 6.57. The van der Waals surface area contributed by atoms with E-state index in [9.17, 15) is 0 Å². The van der Waals surface area contributed by atoms with Gasteiger partial charge in [-0.3, -0.25) is 4.90 Å².